The number of nitrogens with two attached hydrogens (primary N) is 2. The maximum atomic E-state index is 5.64. The molecule has 4 N–H and O–H groups in total. The van der Waals surface area contributed by atoms with Gasteiger partial charge in [-0.15, -0.1) is 0 Å². The van der Waals surface area contributed by atoms with E-state index < -0.39 is 0 Å². The van der Waals surface area contributed by atoms with Crippen molar-refractivity contribution < 1.29 is 9.47 Å². The van der Waals surface area contributed by atoms with Gasteiger partial charge in [-0.25, -0.2) is 0 Å². The third kappa shape index (κ3) is 4.08. The summed E-state index contributed by atoms with van der Waals surface area (Å²) in [4.78, 5) is 0. The molecule has 0 aliphatic rings. The zero-order chi connectivity index (χ0) is 11.3. The maximum Gasteiger partial charge on any atom is 0.121 e. The molecule has 0 radical (unpaired) electrons. The van der Waals surface area contributed by atoms with Crippen LogP contribution in [0.1, 0.15) is 13.8 Å². The Hall–Kier alpha value is -1.42. The minimum atomic E-state index is 0.227. The Morgan fingerprint density at radius 1 is 1.13 bits per heavy atom. The van der Waals surface area contributed by atoms with Crippen LogP contribution in [0.15, 0.2) is 18.2 Å². The summed E-state index contributed by atoms with van der Waals surface area (Å²) in [6, 6.07) is 5.24. The highest BCUT2D eigenvalue weighted by Crippen LogP contribution is 2.21. The Morgan fingerprint density at radius 3 is 2.47 bits per heavy atom. The van der Waals surface area contributed by atoms with Crippen LogP contribution in [0.2, 0.25) is 0 Å². The summed E-state index contributed by atoms with van der Waals surface area (Å²) in [7, 11) is 0. The van der Waals surface area contributed by atoms with Gasteiger partial charge in [0.15, 0.2) is 0 Å². The first kappa shape index (κ1) is 11.7. The van der Waals surface area contributed by atoms with Gasteiger partial charge in [0.1, 0.15) is 12.4 Å². The lowest BCUT2D eigenvalue weighted by atomic mass is 10.2. The summed E-state index contributed by atoms with van der Waals surface area (Å²) < 4.78 is 10.8. The number of hydrogen-bond donors (Lipinski definition) is 2. The monoisotopic (exact) mass is 210 g/mol. The van der Waals surface area contributed by atoms with Gasteiger partial charge in [-0.05, 0) is 26.0 Å². The second-order valence-electron chi connectivity index (χ2n) is 3.56. The van der Waals surface area contributed by atoms with E-state index in [1.54, 1.807) is 18.2 Å². The Morgan fingerprint density at radius 2 is 1.87 bits per heavy atom. The normalized spacial score (nSPS) is 10.6. The van der Waals surface area contributed by atoms with Crippen LogP contribution in [0, 0.1) is 0 Å². The summed E-state index contributed by atoms with van der Waals surface area (Å²) >= 11 is 0. The van der Waals surface area contributed by atoms with E-state index in [1.165, 1.54) is 0 Å². The van der Waals surface area contributed by atoms with Crippen molar-refractivity contribution in [3.05, 3.63) is 18.2 Å². The molecule has 0 atom stereocenters. The van der Waals surface area contributed by atoms with E-state index in [0.29, 0.717) is 30.3 Å². The zero-order valence-corrected chi connectivity index (χ0v) is 9.19. The molecule has 15 heavy (non-hydrogen) atoms. The van der Waals surface area contributed by atoms with Crippen molar-refractivity contribution in [1.82, 2.24) is 0 Å². The molecule has 0 aromatic heterocycles. The molecule has 0 saturated carbocycles. The van der Waals surface area contributed by atoms with Crippen LogP contribution >= 0.6 is 0 Å². The zero-order valence-electron chi connectivity index (χ0n) is 9.19. The maximum absolute atomic E-state index is 5.64. The number of hydrogen-bond acceptors (Lipinski definition) is 4. The highest BCUT2D eigenvalue weighted by atomic mass is 16.5. The van der Waals surface area contributed by atoms with Gasteiger partial charge in [0.2, 0.25) is 0 Å². The molecule has 4 nitrogen and oxygen atoms in total. The van der Waals surface area contributed by atoms with E-state index >= 15 is 0 Å². The average molecular weight is 210 g/mol. The lowest BCUT2D eigenvalue weighted by Gasteiger charge is -2.10. The number of ether oxygens (including phenoxy) is 2. The van der Waals surface area contributed by atoms with Gasteiger partial charge in [0, 0.05) is 6.07 Å². The first-order valence-electron chi connectivity index (χ1n) is 4.99. The quantitative estimate of drug-likeness (QED) is 0.572. The number of anilines is 2. The molecule has 0 aliphatic carbocycles. The first-order valence-corrected chi connectivity index (χ1v) is 4.99. The number of benzene rings is 1. The Balaban J connectivity index is 2.35. The van der Waals surface area contributed by atoms with Crippen LogP contribution in [-0.2, 0) is 4.74 Å². The Labute approximate surface area is 90.2 Å². The van der Waals surface area contributed by atoms with Crippen LogP contribution < -0.4 is 16.2 Å². The van der Waals surface area contributed by atoms with Crippen LogP contribution in [-0.4, -0.2) is 19.3 Å². The van der Waals surface area contributed by atoms with Gasteiger partial charge < -0.3 is 20.9 Å². The fourth-order valence-electron chi connectivity index (χ4n) is 1.09. The van der Waals surface area contributed by atoms with Crippen molar-refractivity contribution in [1.29, 1.82) is 0 Å². The van der Waals surface area contributed by atoms with Gasteiger partial charge >= 0.3 is 0 Å². The lowest BCUT2D eigenvalue weighted by Crippen LogP contribution is -2.11. The van der Waals surface area contributed by atoms with Crippen LogP contribution in [0.25, 0.3) is 0 Å². The molecule has 0 amide bonds. The predicted octanol–water partition coefficient (Wildman–Crippen LogP) is 1.65. The second kappa shape index (κ2) is 5.46. The highest BCUT2D eigenvalue weighted by Gasteiger charge is 1.98. The topological polar surface area (TPSA) is 70.5 Å². The van der Waals surface area contributed by atoms with E-state index in [2.05, 4.69) is 0 Å². The largest absolute Gasteiger partial charge is 0.491 e. The van der Waals surface area contributed by atoms with Gasteiger partial charge in [-0.1, -0.05) is 0 Å². The summed E-state index contributed by atoms with van der Waals surface area (Å²) in [6.45, 7) is 5.06. The van der Waals surface area contributed by atoms with Crippen LogP contribution in [0.4, 0.5) is 11.4 Å². The third-order valence-corrected chi connectivity index (χ3v) is 1.86. The fourth-order valence-corrected chi connectivity index (χ4v) is 1.09. The molecule has 84 valence electrons. The van der Waals surface area contributed by atoms with E-state index in [-0.39, 0.29) is 6.10 Å². The lowest BCUT2D eigenvalue weighted by molar-refractivity contribution is 0.0553. The van der Waals surface area contributed by atoms with Crippen molar-refractivity contribution in [3.63, 3.8) is 0 Å². The molecule has 0 fully saturated rings. The smallest absolute Gasteiger partial charge is 0.121 e. The molecular formula is C11H18N2O2. The molecule has 1 aromatic rings. The molecule has 1 aromatic carbocycles. The first-order chi connectivity index (χ1) is 7.09. The molecule has 0 heterocycles. The van der Waals surface area contributed by atoms with Gasteiger partial charge in [0.25, 0.3) is 0 Å². The summed E-state index contributed by atoms with van der Waals surface area (Å²) in [6.07, 6.45) is 0.227. The Bertz CT molecular complexity index is 313. The average Bonchev–Trinajstić information content (AvgIpc) is 2.18. The van der Waals surface area contributed by atoms with Gasteiger partial charge in [-0.2, -0.15) is 0 Å². The number of rotatable bonds is 5. The standard InChI is InChI=1S/C11H18N2O2/c1-8(2)14-5-6-15-9-3-4-10(12)11(13)7-9/h3-4,7-8H,5-6,12-13H2,1-2H3. The molecule has 1 rings (SSSR count). The summed E-state index contributed by atoms with van der Waals surface area (Å²) in [5.41, 5.74) is 12.3. The minimum Gasteiger partial charge on any atom is -0.491 e. The molecule has 0 unspecified atom stereocenters. The fraction of sp³-hybridized carbons (Fsp3) is 0.455. The van der Waals surface area contributed by atoms with Crippen molar-refractivity contribution in [2.75, 3.05) is 24.7 Å². The molecule has 0 saturated heterocycles. The van der Waals surface area contributed by atoms with Crippen LogP contribution in [0.5, 0.6) is 5.75 Å². The Kier molecular flexibility index (Phi) is 4.24. The highest BCUT2D eigenvalue weighted by molar-refractivity contribution is 5.65. The molecule has 0 spiro atoms. The third-order valence-electron chi connectivity index (χ3n) is 1.86. The molecular weight excluding hydrogens is 192 g/mol. The van der Waals surface area contributed by atoms with Crippen molar-refractivity contribution in [3.8, 4) is 5.75 Å². The SMILES string of the molecule is CC(C)OCCOc1ccc(N)c(N)c1. The molecule has 4 heteroatoms. The molecule has 0 bridgehead atoms. The van der Waals surface area contributed by atoms with Crippen LogP contribution in [0.3, 0.4) is 0 Å². The minimum absolute atomic E-state index is 0.227. The summed E-state index contributed by atoms with van der Waals surface area (Å²) in [5.74, 6) is 0.717. The van der Waals surface area contributed by atoms with E-state index in [4.69, 9.17) is 20.9 Å². The van der Waals surface area contributed by atoms with E-state index in [9.17, 15) is 0 Å². The van der Waals surface area contributed by atoms with E-state index in [0.717, 1.165) is 0 Å². The van der Waals surface area contributed by atoms with Crippen molar-refractivity contribution >= 4 is 11.4 Å². The van der Waals surface area contributed by atoms with Gasteiger partial charge in [0.05, 0.1) is 24.1 Å². The predicted molar refractivity (Wildman–Crippen MR) is 61.8 cm³/mol. The molecule has 0 aliphatic heterocycles. The van der Waals surface area contributed by atoms with E-state index in [1.807, 2.05) is 13.8 Å². The van der Waals surface area contributed by atoms with Crippen molar-refractivity contribution in [2.24, 2.45) is 0 Å². The number of nitrogen functional groups attached to an aromatic ring is 2. The van der Waals surface area contributed by atoms with Crippen molar-refractivity contribution in [2.45, 2.75) is 20.0 Å². The van der Waals surface area contributed by atoms with Gasteiger partial charge in [-0.3, -0.25) is 0 Å². The second-order valence-corrected chi connectivity index (χ2v) is 3.56. The summed E-state index contributed by atoms with van der Waals surface area (Å²) in [5, 5.41) is 0.